The number of alkyl carbamates (subject to hydrolysis) is 1. The van der Waals surface area contributed by atoms with Gasteiger partial charge in [-0.25, -0.2) is 4.79 Å². The highest BCUT2D eigenvalue weighted by molar-refractivity contribution is 6.30. The summed E-state index contributed by atoms with van der Waals surface area (Å²) in [5.74, 6) is 0.278. The normalized spacial score (nSPS) is 12.3. The summed E-state index contributed by atoms with van der Waals surface area (Å²) in [6, 6.07) is 7.37. The van der Waals surface area contributed by atoms with Crippen LogP contribution in [0.1, 0.15) is 25.5 Å². The molecule has 0 unspecified atom stereocenters. The molecule has 0 bridgehead atoms. The molecule has 0 heterocycles. The summed E-state index contributed by atoms with van der Waals surface area (Å²) in [4.78, 5) is 11.2. The predicted octanol–water partition coefficient (Wildman–Crippen LogP) is 3.39. The van der Waals surface area contributed by atoms with Crippen molar-refractivity contribution in [2.75, 3.05) is 7.11 Å². The van der Waals surface area contributed by atoms with E-state index in [1.165, 1.54) is 7.11 Å². The molecular weight excluding hydrogens is 226 g/mol. The van der Waals surface area contributed by atoms with Crippen LogP contribution in [0, 0.1) is 5.92 Å². The highest BCUT2D eigenvalue weighted by atomic mass is 35.5. The molecule has 88 valence electrons. The molecule has 0 saturated carbocycles. The second kappa shape index (κ2) is 5.75. The van der Waals surface area contributed by atoms with Crippen LogP contribution in [0.3, 0.4) is 0 Å². The molecule has 0 aliphatic rings. The van der Waals surface area contributed by atoms with Gasteiger partial charge in [-0.3, -0.25) is 0 Å². The van der Waals surface area contributed by atoms with E-state index in [-0.39, 0.29) is 12.0 Å². The van der Waals surface area contributed by atoms with Gasteiger partial charge in [-0.2, -0.15) is 0 Å². The zero-order valence-corrected chi connectivity index (χ0v) is 10.4. The Hall–Kier alpha value is -1.22. The number of hydrogen-bond acceptors (Lipinski definition) is 2. The summed E-state index contributed by atoms with van der Waals surface area (Å²) in [6.07, 6.45) is -0.423. The van der Waals surface area contributed by atoms with Gasteiger partial charge >= 0.3 is 6.09 Å². The molecule has 0 aliphatic heterocycles. The van der Waals surface area contributed by atoms with E-state index in [0.717, 1.165) is 5.56 Å². The number of amides is 1. The van der Waals surface area contributed by atoms with Crippen molar-refractivity contribution >= 4 is 17.7 Å². The Bertz CT molecular complexity index is 349. The number of methoxy groups -OCH3 is 1. The molecule has 1 N–H and O–H groups in total. The van der Waals surface area contributed by atoms with Gasteiger partial charge in [-0.1, -0.05) is 37.6 Å². The summed E-state index contributed by atoms with van der Waals surface area (Å²) in [5, 5.41) is 3.48. The molecule has 1 rings (SSSR count). The molecule has 1 amide bonds. The molecule has 0 radical (unpaired) electrons. The molecule has 16 heavy (non-hydrogen) atoms. The van der Waals surface area contributed by atoms with Crippen LogP contribution >= 0.6 is 11.6 Å². The fourth-order valence-corrected chi connectivity index (χ4v) is 1.62. The van der Waals surface area contributed by atoms with Crippen molar-refractivity contribution < 1.29 is 9.53 Å². The lowest BCUT2D eigenvalue weighted by Gasteiger charge is -2.22. The topological polar surface area (TPSA) is 38.3 Å². The van der Waals surface area contributed by atoms with Gasteiger partial charge in [0.25, 0.3) is 0 Å². The number of rotatable bonds is 3. The first-order valence-corrected chi connectivity index (χ1v) is 5.52. The Morgan fingerprint density at radius 1 is 1.31 bits per heavy atom. The highest BCUT2D eigenvalue weighted by Gasteiger charge is 2.18. The minimum absolute atomic E-state index is 0.0651. The first-order valence-electron chi connectivity index (χ1n) is 5.14. The van der Waals surface area contributed by atoms with E-state index in [9.17, 15) is 4.79 Å². The van der Waals surface area contributed by atoms with E-state index < -0.39 is 6.09 Å². The van der Waals surface area contributed by atoms with Gasteiger partial charge in [0.2, 0.25) is 0 Å². The molecular formula is C12H16ClNO2. The van der Waals surface area contributed by atoms with Gasteiger partial charge in [-0.05, 0) is 23.6 Å². The molecule has 0 aliphatic carbocycles. The Morgan fingerprint density at radius 3 is 2.31 bits per heavy atom. The average Bonchev–Trinajstić information content (AvgIpc) is 2.26. The van der Waals surface area contributed by atoms with E-state index in [1.807, 2.05) is 38.1 Å². The molecule has 0 aromatic heterocycles. The third-order valence-corrected chi connectivity index (χ3v) is 2.61. The number of hydrogen-bond donors (Lipinski definition) is 1. The van der Waals surface area contributed by atoms with Crippen LogP contribution in [0.4, 0.5) is 4.79 Å². The molecule has 1 aromatic rings. The van der Waals surface area contributed by atoms with E-state index in [1.54, 1.807) is 0 Å². The molecule has 1 aromatic carbocycles. The molecule has 0 saturated heterocycles. The summed E-state index contributed by atoms with van der Waals surface area (Å²) in [6.45, 7) is 4.07. The van der Waals surface area contributed by atoms with Crippen LogP contribution in [-0.2, 0) is 4.74 Å². The summed E-state index contributed by atoms with van der Waals surface area (Å²) in [5.41, 5.74) is 1.02. The van der Waals surface area contributed by atoms with Crippen LogP contribution < -0.4 is 5.32 Å². The van der Waals surface area contributed by atoms with Gasteiger partial charge in [-0.15, -0.1) is 0 Å². The summed E-state index contributed by atoms with van der Waals surface area (Å²) >= 11 is 5.82. The smallest absolute Gasteiger partial charge is 0.407 e. The number of benzene rings is 1. The van der Waals surface area contributed by atoms with Crippen LogP contribution in [-0.4, -0.2) is 13.2 Å². The minimum Gasteiger partial charge on any atom is -0.453 e. The van der Waals surface area contributed by atoms with Gasteiger partial charge in [0.05, 0.1) is 13.2 Å². The van der Waals surface area contributed by atoms with Crippen molar-refractivity contribution in [1.82, 2.24) is 5.32 Å². The van der Waals surface area contributed by atoms with Gasteiger partial charge < -0.3 is 10.1 Å². The first kappa shape index (κ1) is 12.8. The van der Waals surface area contributed by atoms with Crippen LogP contribution in [0.5, 0.6) is 0 Å². The zero-order valence-electron chi connectivity index (χ0n) is 9.66. The van der Waals surface area contributed by atoms with Gasteiger partial charge in [0.1, 0.15) is 0 Å². The number of carbonyl (C=O) groups is 1. The predicted molar refractivity (Wildman–Crippen MR) is 64.6 cm³/mol. The Kier molecular flexibility index (Phi) is 4.62. The fourth-order valence-electron chi connectivity index (χ4n) is 1.49. The monoisotopic (exact) mass is 241 g/mol. The standard InChI is InChI=1S/C12H16ClNO2/c1-8(2)11(14-12(15)16-3)9-4-6-10(13)7-5-9/h4-8,11H,1-3H3,(H,14,15)/t11-/m0/s1. The Labute approximate surface area is 101 Å². The van der Waals surface area contributed by atoms with Crippen LogP contribution in [0.25, 0.3) is 0 Å². The third kappa shape index (κ3) is 3.42. The van der Waals surface area contributed by atoms with E-state index in [4.69, 9.17) is 11.6 Å². The highest BCUT2D eigenvalue weighted by Crippen LogP contribution is 2.23. The van der Waals surface area contributed by atoms with E-state index >= 15 is 0 Å². The maximum absolute atomic E-state index is 11.2. The molecule has 3 nitrogen and oxygen atoms in total. The van der Waals surface area contributed by atoms with Gasteiger partial charge in [0.15, 0.2) is 0 Å². The zero-order chi connectivity index (χ0) is 12.1. The third-order valence-electron chi connectivity index (χ3n) is 2.35. The lowest BCUT2D eigenvalue weighted by molar-refractivity contribution is 0.163. The molecule has 0 fully saturated rings. The molecule has 1 atom stereocenters. The van der Waals surface area contributed by atoms with Crippen molar-refractivity contribution in [2.24, 2.45) is 5.92 Å². The van der Waals surface area contributed by atoms with Crippen molar-refractivity contribution in [3.63, 3.8) is 0 Å². The van der Waals surface area contributed by atoms with Crippen molar-refractivity contribution in [1.29, 1.82) is 0 Å². The number of nitrogens with one attached hydrogen (secondary N) is 1. The minimum atomic E-state index is -0.423. The number of carbonyl (C=O) groups excluding carboxylic acids is 1. The van der Waals surface area contributed by atoms with Crippen molar-refractivity contribution in [2.45, 2.75) is 19.9 Å². The number of halogens is 1. The maximum atomic E-state index is 11.2. The Balaban J connectivity index is 2.85. The molecule has 0 spiro atoms. The lowest BCUT2D eigenvalue weighted by Crippen LogP contribution is -2.31. The second-order valence-electron chi connectivity index (χ2n) is 3.91. The summed E-state index contributed by atoms with van der Waals surface area (Å²) < 4.78 is 4.60. The maximum Gasteiger partial charge on any atom is 0.407 e. The van der Waals surface area contributed by atoms with Crippen molar-refractivity contribution in [3.8, 4) is 0 Å². The van der Waals surface area contributed by atoms with Crippen molar-refractivity contribution in [3.05, 3.63) is 34.9 Å². The van der Waals surface area contributed by atoms with Crippen LogP contribution in [0.2, 0.25) is 5.02 Å². The average molecular weight is 242 g/mol. The van der Waals surface area contributed by atoms with Gasteiger partial charge in [0, 0.05) is 5.02 Å². The quantitative estimate of drug-likeness (QED) is 0.881. The SMILES string of the molecule is COC(=O)N[C@H](c1ccc(Cl)cc1)C(C)C. The fraction of sp³-hybridized carbons (Fsp3) is 0.417. The Morgan fingerprint density at radius 2 is 1.88 bits per heavy atom. The van der Waals surface area contributed by atoms with Crippen LogP contribution in [0.15, 0.2) is 24.3 Å². The first-order chi connectivity index (χ1) is 7.54. The van der Waals surface area contributed by atoms with E-state index in [2.05, 4.69) is 10.1 Å². The largest absolute Gasteiger partial charge is 0.453 e. The van der Waals surface area contributed by atoms with E-state index in [0.29, 0.717) is 5.02 Å². The lowest BCUT2D eigenvalue weighted by atomic mass is 9.96. The number of ether oxygens (including phenoxy) is 1. The summed E-state index contributed by atoms with van der Waals surface area (Å²) in [7, 11) is 1.36. The second-order valence-corrected chi connectivity index (χ2v) is 4.35. The molecule has 4 heteroatoms.